The maximum Gasteiger partial charge on any atom is 0.241 e. The van der Waals surface area contributed by atoms with E-state index in [-0.39, 0.29) is 17.0 Å². The first kappa shape index (κ1) is 23.0. The lowest BCUT2D eigenvalue weighted by molar-refractivity contribution is -0.127. The van der Waals surface area contributed by atoms with Gasteiger partial charge in [0.25, 0.3) is 0 Å². The molecule has 2 saturated heterocycles. The van der Waals surface area contributed by atoms with E-state index in [0.29, 0.717) is 11.3 Å². The van der Waals surface area contributed by atoms with Crippen LogP contribution in [0.1, 0.15) is 57.7 Å². The van der Waals surface area contributed by atoms with Crippen molar-refractivity contribution in [2.75, 3.05) is 4.90 Å². The number of Topliss-reactive ketones (excluding diaryl/α,β-unsaturated/α-hetero) is 2. The quantitative estimate of drug-likeness (QED) is 0.332. The number of hydrogen-bond acceptors (Lipinski definition) is 5. The monoisotopic (exact) mass is 543 g/mol. The van der Waals surface area contributed by atoms with Crippen LogP contribution in [-0.4, -0.2) is 29.0 Å². The van der Waals surface area contributed by atoms with E-state index in [1.165, 1.54) is 0 Å². The van der Waals surface area contributed by atoms with Gasteiger partial charge in [0.2, 0.25) is 29.0 Å². The molecule has 3 aliphatic rings. The number of anilines is 1. The molecule has 2 amide bonds. The topological polar surface area (TPSA) is 80.8 Å². The van der Waals surface area contributed by atoms with E-state index < -0.39 is 46.9 Å². The van der Waals surface area contributed by atoms with E-state index in [1.54, 1.807) is 60.7 Å². The predicted octanol–water partition coefficient (Wildman–Crippen LogP) is 5.27. The number of amides is 2. The molecule has 0 N–H and O–H groups in total. The Morgan fingerprint density at radius 2 is 1.39 bits per heavy atom. The summed E-state index contributed by atoms with van der Waals surface area (Å²) in [4.78, 5) is 56.5. The molecule has 0 saturated carbocycles. The summed E-state index contributed by atoms with van der Waals surface area (Å²) in [5.41, 5.74) is 0.493. The van der Waals surface area contributed by atoms with Crippen LogP contribution in [0.5, 0.6) is 0 Å². The van der Waals surface area contributed by atoms with Gasteiger partial charge in [0.05, 0.1) is 23.6 Å². The molecule has 1 aliphatic carbocycles. The molecule has 3 aromatic carbocycles. The second-order valence-electron chi connectivity index (χ2n) is 9.79. The molecule has 7 heteroatoms. The van der Waals surface area contributed by atoms with E-state index in [2.05, 4.69) is 29.8 Å². The van der Waals surface area contributed by atoms with Gasteiger partial charge in [-0.2, -0.15) is 0 Å². The third kappa shape index (κ3) is 2.99. The molecule has 0 unspecified atom stereocenters. The molecule has 0 radical (unpaired) electrons. The van der Waals surface area contributed by atoms with E-state index in [4.69, 9.17) is 4.74 Å². The molecule has 2 heterocycles. The Kier molecular flexibility index (Phi) is 5.14. The summed E-state index contributed by atoms with van der Waals surface area (Å²) in [5.74, 6) is -4.15. The van der Waals surface area contributed by atoms with Crippen LogP contribution >= 0.6 is 15.9 Å². The summed E-state index contributed by atoms with van der Waals surface area (Å²) in [6.07, 6.45) is -0.929. The molecule has 3 aromatic rings. The van der Waals surface area contributed by atoms with Crippen molar-refractivity contribution in [2.45, 2.75) is 31.5 Å². The number of imide groups is 1. The number of carbonyl (C=O) groups is 4. The van der Waals surface area contributed by atoms with Gasteiger partial charge in [0.15, 0.2) is 0 Å². The maximum absolute atomic E-state index is 14.0. The summed E-state index contributed by atoms with van der Waals surface area (Å²) in [5, 5.41) is 0. The van der Waals surface area contributed by atoms with Crippen molar-refractivity contribution in [3.05, 3.63) is 99.5 Å². The van der Waals surface area contributed by atoms with Crippen LogP contribution in [0.15, 0.2) is 77.3 Å². The van der Waals surface area contributed by atoms with Crippen molar-refractivity contribution in [3.8, 4) is 0 Å². The van der Waals surface area contributed by atoms with Gasteiger partial charge in [-0.15, -0.1) is 0 Å². The number of rotatable bonds is 3. The largest absolute Gasteiger partial charge is 0.349 e. The second kappa shape index (κ2) is 8.05. The Hall–Kier alpha value is -3.42. The summed E-state index contributed by atoms with van der Waals surface area (Å²) in [6.45, 7) is 4.12. The van der Waals surface area contributed by atoms with Crippen molar-refractivity contribution >= 4 is 45.0 Å². The highest BCUT2D eigenvalue weighted by molar-refractivity contribution is 9.10. The van der Waals surface area contributed by atoms with Crippen LogP contribution < -0.4 is 4.90 Å². The zero-order valence-corrected chi connectivity index (χ0v) is 21.2. The lowest BCUT2D eigenvalue weighted by Crippen LogP contribution is -2.51. The second-order valence-corrected chi connectivity index (χ2v) is 10.7. The van der Waals surface area contributed by atoms with Crippen LogP contribution in [0, 0.1) is 11.8 Å². The van der Waals surface area contributed by atoms with Crippen molar-refractivity contribution in [1.82, 2.24) is 0 Å². The number of benzene rings is 3. The summed E-state index contributed by atoms with van der Waals surface area (Å²) in [6, 6.07) is 20.9. The number of nitrogens with zero attached hydrogens (tertiary/aromatic N) is 1. The van der Waals surface area contributed by atoms with Crippen LogP contribution in [0.4, 0.5) is 5.69 Å². The lowest BCUT2D eigenvalue weighted by Gasteiger charge is -2.27. The Bertz CT molecular complexity index is 1410. The lowest BCUT2D eigenvalue weighted by atomic mass is 9.77. The molecule has 6 rings (SSSR count). The normalized spacial score (nSPS) is 24.2. The molecule has 0 aromatic heterocycles. The van der Waals surface area contributed by atoms with Gasteiger partial charge in [-0.05, 0) is 41.3 Å². The Balaban J connectivity index is 1.51. The third-order valence-electron chi connectivity index (χ3n) is 7.54. The fourth-order valence-corrected chi connectivity index (χ4v) is 6.00. The zero-order chi connectivity index (χ0) is 25.4. The molecule has 2 aliphatic heterocycles. The Labute approximate surface area is 216 Å². The van der Waals surface area contributed by atoms with E-state index in [1.807, 2.05) is 12.1 Å². The Morgan fingerprint density at radius 3 is 1.94 bits per heavy atom. The molecule has 180 valence electrons. The number of ether oxygens (including phenoxy) is 1. The standard InChI is InChI=1S/C29H22BrNO5/c1-15(2)16-9-13-19(14-10-16)31-27(34)22-23(28(31)35)29(36-24(22)17-7-11-18(30)12-8-17)25(32)20-5-3-4-6-21(20)26(29)33/h3-15,22-24H,1-2H3/t22-,23+,24+/m0/s1. The number of ketones is 2. The van der Waals surface area contributed by atoms with Crippen LogP contribution in [0.3, 0.4) is 0 Å². The minimum Gasteiger partial charge on any atom is -0.349 e. The summed E-state index contributed by atoms with van der Waals surface area (Å²) < 4.78 is 7.13. The van der Waals surface area contributed by atoms with E-state index >= 15 is 0 Å². The fraction of sp³-hybridized carbons (Fsp3) is 0.241. The van der Waals surface area contributed by atoms with Crippen molar-refractivity contribution in [3.63, 3.8) is 0 Å². The molecule has 3 atom stereocenters. The molecule has 36 heavy (non-hydrogen) atoms. The number of halogens is 1. The molecule has 1 spiro atoms. The predicted molar refractivity (Wildman–Crippen MR) is 136 cm³/mol. The third-order valence-corrected chi connectivity index (χ3v) is 8.06. The van der Waals surface area contributed by atoms with Gasteiger partial charge in [0, 0.05) is 15.6 Å². The number of fused-ring (bicyclic) bond motifs is 3. The number of carbonyl (C=O) groups excluding carboxylic acids is 4. The van der Waals surface area contributed by atoms with Crippen molar-refractivity contribution in [2.24, 2.45) is 11.8 Å². The zero-order valence-electron chi connectivity index (χ0n) is 19.6. The molecule has 6 nitrogen and oxygen atoms in total. The van der Waals surface area contributed by atoms with Crippen molar-refractivity contribution in [1.29, 1.82) is 0 Å². The molecule has 0 bridgehead atoms. The average Bonchev–Trinajstić information content (AvgIpc) is 3.44. The van der Waals surface area contributed by atoms with Crippen LogP contribution in [-0.2, 0) is 14.3 Å². The van der Waals surface area contributed by atoms with Gasteiger partial charge in [-0.25, -0.2) is 4.90 Å². The first-order valence-corrected chi connectivity index (χ1v) is 12.6. The smallest absolute Gasteiger partial charge is 0.241 e. The highest BCUT2D eigenvalue weighted by atomic mass is 79.9. The molecular formula is C29H22BrNO5. The highest BCUT2D eigenvalue weighted by Gasteiger charge is 2.74. The SMILES string of the molecule is CC(C)c1ccc(N2C(=O)[C@@H]3[C@@H](c4ccc(Br)cc4)OC4(C(=O)c5ccccc5C4=O)[C@H]3C2=O)cc1. The first-order valence-electron chi connectivity index (χ1n) is 11.9. The van der Waals surface area contributed by atoms with Gasteiger partial charge >= 0.3 is 0 Å². The fourth-order valence-electron chi connectivity index (χ4n) is 5.73. The summed E-state index contributed by atoms with van der Waals surface area (Å²) in [7, 11) is 0. The van der Waals surface area contributed by atoms with Gasteiger partial charge in [0.1, 0.15) is 0 Å². The van der Waals surface area contributed by atoms with Crippen LogP contribution in [0.25, 0.3) is 0 Å². The molecule has 2 fully saturated rings. The van der Waals surface area contributed by atoms with Gasteiger partial charge in [-0.1, -0.05) is 78.3 Å². The van der Waals surface area contributed by atoms with E-state index in [9.17, 15) is 19.2 Å². The number of hydrogen-bond donors (Lipinski definition) is 0. The minimum absolute atomic E-state index is 0.220. The van der Waals surface area contributed by atoms with Crippen molar-refractivity contribution < 1.29 is 23.9 Å². The van der Waals surface area contributed by atoms with Gasteiger partial charge in [-0.3, -0.25) is 19.2 Å². The van der Waals surface area contributed by atoms with Crippen LogP contribution in [0.2, 0.25) is 0 Å². The average molecular weight is 544 g/mol. The van der Waals surface area contributed by atoms with E-state index in [0.717, 1.165) is 14.9 Å². The van der Waals surface area contributed by atoms with Gasteiger partial charge < -0.3 is 4.74 Å². The first-order chi connectivity index (χ1) is 17.3. The summed E-state index contributed by atoms with van der Waals surface area (Å²) >= 11 is 3.41. The Morgan fingerprint density at radius 1 is 0.806 bits per heavy atom. The minimum atomic E-state index is -2.06. The molecular weight excluding hydrogens is 522 g/mol. The highest BCUT2D eigenvalue weighted by Crippen LogP contribution is 2.57. The maximum atomic E-state index is 14.0.